The summed E-state index contributed by atoms with van der Waals surface area (Å²) < 4.78 is 5.73. The molecule has 0 bridgehead atoms. The van der Waals surface area contributed by atoms with E-state index in [9.17, 15) is 9.59 Å². The number of aliphatic imine (C=N–C) groups is 1. The lowest BCUT2D eigenvalue weighted by Crippen LogP contribution is -2.23. The van der Waals surface area contributed by atoms with Crippen LogP contribution in [0, 0.1) is 0 Å². The lowest BCUT2D eigenvalue weighted by Gasteiger charge is -2.08. The third-order valence-corrected chi connectivity index (χ3v) is 4.98. The Hall–Kier alpha value is -2.28. The van der Waals surface area contributed by atoms with Crippen LogP contribution in [0.5, 0.6) is 5.75 Å². The number of halogens is 2. The number of nitrogens with zero attached hydrogens (tertiary/aromatic N) is 1. The van der Waals surface area contributed by atoms with E-state index in [1.165, 1.54) is 6.92 Å². The Morgan fingerprint density at radius 3 is 2.63 bits per heavy atom. The molecule has 0 radical (unpaired) electrons. The van der Waals surface area contributed by atoms with Crippen molar-refractivity contribution in [3.63, 3.8) is 0 Å². The Balaban J connectivity index is 1.62. The molecule has 0 fully saturated rings. The van der Waals surface area contributed by atoms with Crippen LogP contribution >= 0.6 is 35.0 Å². The minimum Gasteiger partial charge on any atom is -0.489 e. The summed E-state index contributed by atoms with van der Waals surface area (Å²) in [6.07, 6.45) is 1.71. The first-order valence-corrected chi connectivity index (χ1v) is 9.45. The van der Waals surface area contributed by atoms with Gasteiger partial charge in [-0.05, 0) is 47.7 Å². The van der Waals surface area contributed by atoms with Crippen LogP contribution in [0.15, 0.2) is 52.4 Å². The van der Waals surface area contributed by atoms with Crippen molar-refractivity contribution >= 4 is 58.0 Å². The number of carbonyl (C=O) groups is 2. The van der Waals surface area contributed by atoms with Gasteiger partial charge >= 0.3 is 0 Å². The Morgan fingerprint density at radius 1 is 1.22 bits per heavy atom. The first kappa shape index (κ1) is 19.5. The van der Waals surface area contributed by atoms with Gasteiger partial charge in [-0.3, -0.25) is 9.59 Å². The molecule has 3 rings (SSSR count). The zero-order valence-electron chi connectivity index (χ0n) is 14.2. The van der Waals surface area contributed by atoms with Crippen molar-refractivity contribution in [2.24, 2.45) is 4.99 Å². The quantitative estimate of drug-likeness (QED) is 0.729. The van der Waals surface area contributed by atoms with Gasteiger partial charge in [-0.1, -0.05) is 41.4 Å². The van der Waals surface area contributed by atoms with Gasteiger partial charge in [0, 0.05) is 22.5 Å². The van der Waals surface area contributed by atoms with Gasteiger partial charge in [0.1, 0.15) is 12.4 Å². The van der Waals surface area contributed by atoms with Gasteiger partial charge in [-0.25, -0.2) is 0 Å². The number of ether oxygens (including phenoxy) is 1. The molecule has 2 aromatic carbocycles. The van der Waals surface area contributed by atoms with E-state index in [1.807, 2.05) is 18.2 Å². The topological polar surface area (TPSA) is 67.8 Å². The maximum Gasteiger partial charge on any atom is 0.286 e. The van der Waals surface area contributed by atoms with Gasteiger partial charge in [-0.15, -0.1) is 0 Å². The average Bonchev–Trinajstić information content (AvgIpc) is 2.94. The highest BCUT2D eigenvalue weighted by atomic mass is 35.5. The molecule has 1 aliphatic rings. The Morgan fingerprint density at radius 2 is 1.96 bits per heavy atom. The SMILES string of the molecule is CC(=O)NC1=NC(=O)/C(=C/c2ccc(OCc3ccc(Cl)cc3Cl)cc2)S1. The van der Waals surface area contributed by atoms with E-state index in [0.29, 0.717) is 32.5 Å². The summed E-state index contributed by atoms with van der Waals surface area (Å²) in [4.78, 5) is 27.2. The number of amidine groups is 1. The summed E-state index contributed by atoms with van der Waals surface area (Å²) in [5, 5.41) is 3.93. The van der Waals surface area contributed by atoms with Gasteiger partial charge in [-0.2, -0.15) is 4.99 Å². The van der Waals surface area contributed by atoms with E-state index >= 15 is 0 Å². The van der Waals surface area contributed by atoms with Crippen LogP contribution in [-0.4, -0.2) is 17.0 Å². The number of carbonyl (C=O) groups excluding carboxylic acids is 2. The van der Waals surface area contributed by atoms with Gasteiger partial charge in [0.05, 0.1) is 4.91 Å². The maximum absolute atomic E-state index is 11.9. The van der Waals surface area contributed by atoms with Crippen LogP contribution in [0.3, 0.4) is 0 Å². The second-order valence-electron chi connectivity index (χ2n) is 5.61. The predicted octanol–water partition coefficient (Wildman–Crippen LogP) is 4.68. The van der Waals surface area contributed by atoms with E-state index in [1.54, 1.807) is 30.3 Å². The number of hydrogen-bond acceptors (Lipinski definition) is 4. The largest absolute Gasteiger partial charge is 0.489 e. The van der Waals surface area contributed by atoms with E-state index in [4.69, 9.17) is 27.9 Å². The number of amides is 2. The van der Waals surface area contributed by atoms with Gasteiger partial charge < -0.3 is 10.1 Å². The van der Waals surface area contributed by atoms with Crippen molar-refractivity contribution in [2.75, 3.05) is 0 Å². The molecule has 0 spiro atoms. The lowest BCUT2D eigenvalue weighted by molar-refractivity contribution is -0.117. The zero-order valence-corrected chi connectivity index (χ0v) is 16.5. The second-order valence-corrected chi connectivity index (χ2v) is 7.48. The molecule has 2 aromatic rings. The highest BCUT2D eigenvalue weighted by Crippen LogP contribution is 2.28. The minimum absolute atomic E-state index is 0.266. The lowest BCUT2D eigenvalue weighted by atomic mass is 10.2. The summed E-state index contributed by atoms with van der Waals surface area (Å²) in [6, 6.07) is 12.5. The molecule has 0 saturated carbocycles. The van der Waals surface area contributed by atoms with E-state index in [0.717, 1.165) is 22.9 Å². The molecule has 138 valence electrons. The van der Waals surface area contributed by atoms with Crippen LogP contribution in [0.25, 0.3) is 6.08 Å². The standard InChI is InChI=1S/C19H14Cl2N2O3S/c1-11(24)22-19-23-18(25)17(27-19)8-12-2-6-15(7-3-12)26-10-13-4-5-14(20)9-16(13)21/h2-9H,10H2,1H3,(H,22,23,24,25)/b17-8-. The fraction of sp³-hybridized carbons (Fsp3) is 0.105. The number of nitrogens with one attached hydrogen (secondary N) is 1. The fourth-order valence-electron chi connectivity index (χ4n) is 2.22. The Kier molecular flexibility index (Phi) is 6.21. The van der Waals surface area contributed by atoms with Crippen molar-refractivity contribution in [3.05, 3.63) is 68.5 Å². The average molecular weight is 421 g/mol. The molecule has 1 N–H and O–H groups in total. The van der Waals surface area contributed by atoms with Crippen molar-refractivity contribution in [1.29, 1.82) is 0 Å². The van der Waals surface area contributed by atoms with Gasteiger partial charge in [0.2, 0.25) is 5.91 Å². The summed E-state index contributed by atoms with van der Waals surface area (Å²) in [5.41, 5.74) is 1.66. The maximum atomic E-state index is 11.9. The highest BCUT2D eigenvalue weighted by Gasteiger charge is 2.22. The van der Waals surface area contributed by atoms with Crippen molar-refractivity contribution in [3.8, 4) is 5.75 Å². The first-order valence-electron chi connectivity index (χ1n) is 7.87. The smallest absolute Gasteiger partial charge is 0.286 e. The van der Waals surface area contributed by atoms with Crippen molar-refractivity contribution in [2.45, 2.75) is 13.5 Å². The van der Waals surface area contributed by atoms with Gasteiger partial charge in [0.15, 0.2) is 5.17 Å². The molecule has 1 aliphatic heterocycles. The molecular formula is C19H14Cl2N2O3S. The third kappa shape index (κ3) is 5.35. The molecule has 0 aliphatic carbocycles. The normalized spacial score (nSPS) is 15.0. The fourth-order valence-corrected chi connectivity index (χ4v) is 3.55. The number of thioether (sulfide) groups is 1. The molecule has 0 saturated heterocycles. The number of hydrogen-bond donors (Lipinski definition) is 1. The monoisotopic (exact) mass is 420 g/mol. The predicted molar refractivity (Wildman–Crippen MR) is 109 cm³/mol. The number of rotatable bonds is 4. The van der Waals surface area contributed by atoms with E-state index < -0.39 is 0 Å². The molecule has 1 heterocycles. The molecular weight excluding hydrogens is 407 g/mol. The van der Waals surface area contributed by atoms with Crippen LogP contribution in [0.2, 0.25) is 10.0 Å². The minimum atomic E-state index is -0.374. The summed E-state index contributed by atoms with van der Waals surface area (Å²) >= 11 is 13.1. The molecule has 0 atom stereocenters. The van der Waals surface area contributed by atoms with Gasteiger partial charge in [0.25, 0.3) is 5.91 Å². The summed E-state index contributed by atoms with van der Waals surface area (Å²) in [5.74, 6) is 0.0304. The molecule has 27 heavy (non-hydrogen) atoms. The highest BCUT2D eigenvalue weighted by molar-refractivity contribution is 8.18. The molecule has 2 amide bonds. The van der Waals surface area contributed by atoms with Crippen molar-refractivity contribution in [1.82, 2.24) is 5.32 Å². The third-order valence-electron chi connectivity index (χ3n) is 3.49. The molecule has 0 aromatic heterocycles. The van der Waals surface area contributed by atoms with E-state index in [-0.39, 0.29) is 11.8 Å². The molecule has 0 unspecified atom stereocenters. The summed E-state index contributed by atoms with van der Waals surface area (Å²) in [7, 11) is 0. The van der Waals surface area contributed by atoms with Crippen LogP contribution in [-0.2, 0) is 16.2 Å². The van der Waals surface area contributed by atoms with Crippen LogP contribution in [0.4, 0.5) is 0 Å². The van der Waals surface area contributed by atoms with Crippen LogP contribution < -0.4 is 10.1 Å². The molecule has 5 nitrogen and oxygen atoms in total. The zero-order chi connectivity index (χ0) is 19.4. The molecule has 8 heteroatoms. The Labute approximate surface area is 170 Å². The number of benzene rings is 2. The van der Waals surface area contributed by atoms with Crippen LogP contribution in [0.1, 0.15) is 18.1 Å². The van der Waals surface area contributed by atoms with Crippen molar-refractivity contribution < 1.29 is 14.3 Å². The van der Waals surface area contributed by atoms with E-state index in [2.05, 4.69) is 10.3 Å². The first-order chi connectivity index (χ1) is 12.9. The summed E-state index contributed by atoms with van der Waals surface area (Å²) in [6.45, 7) is 1.68. The Bertz CT molecular complexity index is 956. The second kappa shape index (κ2) is 8.61.